The zero-order chi connectivity index (χ0) is 20.8. The summed E-state index contributed by atoms with van der Waals surface area (Å²) in [6.07, 6.45) is 2.56. The lowest BCUT2D eigenvalue weighted by Gasteiger charge is -2.12. The molecule has 2 heterocycles. The molecule has 0 unspecified atom stereocenters. The number of benzene rings is 1. The van der Waals surface area contributed by atoms with E-state index in [0.717, 1.165) is 11.1 Å². The molecule has 29 heavy (non-hydrogen) atoms. The van der Waals surface area contributed by atoms with E-state index >= 15 is 0 Å². The van der Waals surface area contributed by atoms with Crippen LogP contribution in [0.2, 0.25) is 5.02 Å². The zero-order valence-electron chi connectivity index (χ0n) is 15.2. The standard InChI is InChI=1S/C20H17ClF2N4O2/c21-15-3-1-2-14(6-15)16-5-12(8-27-20(16)29-11-17(22)23)4-13-9-25-19(26-10-13)7-18(24)28/h1-3,5-6,8-10,17H,4,7,11H2,(H2,24,28). The van der Waals surface area contributed by atoms with Crippen molar-refractivity contribution in [2.75, 3.05) is 6.61 Å². The van der Waals surface area contributed by atoms with Gasteiger partial charge in [0.15, 0.2) is 6.61 Å². The van der Waals surface area contributed by atoms with Gasteiger partial charge in [0.25, 0.3) is 6.43 Å². The van der Waals surface area contributed by atoms with Crippen molar-refractivity contribution in [3.63, 3.8) is 0 Å². The van der Waals surface area contributed by atoms with E-state index in [9.17, 15) is 13.6 Å². The van der Waals surface area contributed by atoms with Gasteiger partial charge in [-0.1, -0.05) is 23.7 Å². The molecule has 3 aromatic rings. The minimum absolute atomic E-state index is 0.0308. The van der Waals surface area contributed by atoms with Crippen LogP contribution in [0.3, 0.4) is 0 Å². The number of alkyl halides is 2. The predicted octanol–water partition coefficient (Wildman–Crippen LogP) is 3.45. The summed E-state index contributed by atoms with van der Waals surface area (Å²) in [6, 6.07) is 8.78. The molecule has 0 fully saturated rings. The number of halogens is 3. The molecule has 0 spiro atoms. The Kier molecular flexibility index (Phi) is 6.66. The Labute approximate surface area is 170 Å². The number of aromatic nitrogens is 3. The van der Waals surface area contributed by atoms with Crippen molar-refractivity contribution in [3.8, 4) is 17.0 Å². The minimum atomic E-state index is -2.61. The first-order chi connectivity index (χ1) is 13.9. The molecule has 3 rings (SSSR count). The molecule has 2 N–H and O–H groups in total. The van der Waals surface area contributed by atoms with E-state index in [0.29, 0.717) is 28.4 Å². The van der Waals surface area contributed by atoms with Gasteiger partial charge in [0, 0.05) is 35.6 Å². The maximum absolute atomic E-state index is 12.6. The lowest BCUT2D eigenvalue weighted by Crippen LogP contribution is -2.15. The molecule has 2 aromatic heterocycles. The van der Waals surface area contributed by atoms with E-state index in [-0.39, 0.29) is 12.3 Å². The van der Waals surface area contributed by atoms with Crippen molar-refractivity contribution >= 4 is 17.5 Å². The molecule has 0 atom stereocenters. The average molecular weight is 419 g/mol. The third kappa shape index (κ3) is 5.92. The normalized spacial score (nSPS) is 10.9. The fraction of sp³-hybridized carbons (Fsp3) is 0.200. The molecule has 150 valence electrons. The number of hydrogen-bond acceptors (Lipinski definition) is 5. The van der Waals surface area contributed by atoms with Gasteiger partial charge in [0.2, 0.25) is 11.8 Å². The molecule has 0 aliphatic carbocycles. The summed E-state index contributed by atoms with van der Waals surface area (Å²) < 4.78 is 30.3. The van der Waals surface area contributed by atoms with Crippen LogP contribution in [0.1, 0.15) is 17.0 Å². The predicted molar refractivity (Wildman–Crippen MR) is 104 cm³/mol. The van der Waals surface area contributed by atoms with Gasteiger partial charge in [-0.2, -0.15) is 0 Å². The molecule has 9 heteroatoms. The largest absolute Gasteiger partial charge is 0.471 e. The summed E-state index contributed by atoms with van der Waals surface area (Å²) in [5, 5.41) is 0.506. The first-order valence-corrected chi connectivity index (χ1v) is 9.02. The van der Waals surface area contributed by atoms with E-state index in [1.165, 1.54) is 0 Å². The van der Waals surface area contributed by atoms with Crippen LogP contribution in [0.4, 0.5) is 8.78 Å². The fourth-order valence-corrected chi connectivity index (χ4v) is 2.86. The highest BCUT2D eigenvalue weighted by Gasteiger charge is 2.13. The van der Waals surface area contributed by atoms with Gasteiger partial charge < -0.3 is 10.5 Å². The third-order valence-corrected chi connectivity index (χ3v) is 4.12. The summed E-state index contributed by atoms with van der Waals surface area (Å²) in [5.74, 6) is -0.0633. The number of carbonyl (C=O) groups is 1. The summed E-state index contributed by atoms with van der Waals surface area (Å²) >= 11 is 6.06. The Morgan fingerprint density at radius 1 is 1.10 bits per heavy atom. The van der Waals surface area contributed by atoms with Gasteiger partial charge in [-0.25, -0.2) is 23.7 Å². The smallest absolute Gasteiger partial charge is 0.272 e. The van der Waals surface area contributed by atoms with Crippen LogP contribution in [-0.4, -0.2) is 33.9 Å². The molecule has 1 amide bonds. The Bertz CT molecular complexity index is 1000. The lowest BCUT2D eigenvalue weighted by molar-refractivity contribution is -0.117. The van der Waals surface area contributed by atoms with E-state index in [1.54, 1.807) is 48.9 Å². The van der Waals surface area contributed by atoms with Crippen LogP contribution in [0.25, 0.3) is 11.1 Å². The van der Waals surface area contributed by atoms with Crippen LogP contribution >= 0.6 is 11.6 Å². The second-order valence-electron chi connectivity index (χ2n) is 6.24. The molecular weight excluding hydrogens is 402 g/mol. The maximum atomic E-state index is 12.6. The van der Waals surface area contributed by atoms with Gasteiger partial charge >= 0.3 is 0 Å². The van der Waals surface area contributed by atoms with Gasteiger partial charge in [-0.05, 0) is 34.9 Å². The number of primary amides is 1. The number of nitrogens with two attached hydrogens (primary N) is 1. The first kappa shape index (κ1) is 20.6. The Morgan fingerprint density at radius 2 is 1.83 bits per heavy atom. The van der Waals surface area contributed by atoms with Crippen molar-refractivity contribution < 1.29 is 18.3 Å². The van der Waals surface area contributed by atoms with E-state index in [1.807, 2.05) is 0 Å². The SMILES string of the molecule is NC(=O)Cc1ncc(Cc2cnc(OCC(F)F)c(-c3cccc(Cl)c3)c2)cn1. The Hall–Kier alpha value is -3.13. The molecule has 0 radical (unpaired) electrons. The second kappa shape index (κ2) is 9.38. The van der Waals surface area contributed by atoms with Crippen LogP contribution in [0.15, 0.2) is 48.9 Å². The van der Waals surface area contributed by atoms with Gasteiger partial charge in [-0.3, -0.25) is 4.79 Å². The summed E-state index contributed by atoms with van der Waals surface area (Å²) in [7, 11) is 0. The van der Waals surface area contributed by atoms with E-state index < -0.39 is 18.9 Å². The number of ether oxygens (including phenoxy) is 1. The number of rotatable bonds is 8. The van der Waals surface area contributed by atoms with E-state index in [2.05, 4.69) is 15.0 Å². The molecule has 6 nitrogen and oxygen atoms in total. The highest BCUT2D eigenvalue weighted by Crippen LogP contribution is 2.31. The molecule has 0 saturated heterocycles. The van der Waals surface area contributed by atoms with Crippen LogP contribution in [0, 0.1) is 0 Å². The quantitative estimate of drug-likeness (QED) is 0.605. The van der Waals surface area contributed by atoms with Gasteiger partial charge in [0.05, 0.1) is 6.42 Å². The molecule has 0 aliphatic heterocycles. The van der Waals surface area contributed by atoms with Crippen molar-refractivity contribution in [3.05, 3.63) is 70.9 Å². The average Bonchev–Trinajstić information content (AvgIpc) is 2.68. The van der Waals surface area contributed by atoms with Crippen LogP contribution < -0.4 is 10.5 Å². The number of hydrogen-bond donors (Lipinski definition) is 1. The van der Waals surface area contributed by atoms with E-state index in [4.69, 9.17) is 22.1 Å². The summed E-state index contributed by atoms with van der Waals surface area (Å²) in [4.78, 5) is 23.4. The lowest BCUT2D eigenvalue weighted by atomic mass is 10.0. The number of amides is 1. The minimum Gasteiger partial charge on any atom is -0.471 e. The number of nitrogens with zero attached hydrogens (tertiary/aromatic N) is 3. The number of pyridine rings is 1. The Balaban J connectivity index is 1.88. The van der Waals surface area contributed by atoms with Crippen molar-refractivity contribution in [1.29, 1.82) is 0 Å². The van der Waals surface area contributed by atoms with Crippen molar-refractivity contribution in [1.82, 2.24) is 15.0 Å². The zero-order valence-corrected chi connectivity index (χ0v) is 15.9. The molecule has 0 aliphatic rings. The number of carbonyl (C=O) groups excluding carboxylic acids is 1. The second-order valence-corrected chi connectivity index (χ2v) is 6.67. The van der Waals surface area contributed by atoms with Gasteiger partial charge in [0.1, 0.15) is 5.82 Å². The maximum Gasteiger partial charge on any atom is 0.272 e. The topological polar surface area (TPSA) is 91.0 Å². The van der Waals surface area contributed by atoms with Crippen molar-refractivity contribution in [2.45, 2.75) is 19.3 Å². The highest BCUT2D eigenvalue weighted by atomic mass is 35.5. The van der Waals surface area contributed by atoms with Crippen LogP contribution in [0.5, 0.6) is 5.88 Å². The Morgan fingerprint density at radius 3 is 2.48 bits per heavy atom. The third-order valence-electron chi connectivity index (χ3n) is 3.89. The fourth-order valence-electron chi connectivity index (χ4n) is 2.67. The monoisotopic (exact) mass is 418 g/mol. The highest BCUT2D eigenvalue weighted by molar-refractivity contribution is 6.30. The summed E-state index contributed by atoms with van der Waals surface area (Å²) in [5.41, 5.74) is 7.97. The molecular formula is C20H17ClF2N4O2. The van der Waals surface area contributed by atoms with Gasteiger partial charge in [-0.15, -0.1) is 0 Å². The molecule has 1 aromatic carbocycles. The first-order valence-electron chi connectivity index (χ1n) is 8.64. The van der Waals surface area contributed by atoms with Crippen molar-refractivity contribution in [2.24, 2.45) is 5.73 Å². The summed E-state index contributed by atoms with van der Waals surface area (Å²) in [6.45, 7) is -0.755. The molecule has 0 saturated carbocycles. The van der Waals surface area contributed by atoms with Crippen LogP contribution in [-0.2, 0) is 17.6 Å². The molecule has 0 bridgehead atoms.